The molecule has 0 unspecified atom stereocenters. The number of likely N-dealkylation sites (N-methyl/N-ethyl adjacent to an activating group) is 1. The zero-order valence-corrected chi connectivity index (χ0v) is 17.2. The van der Waals surface area contributed by atoms with Gasteiger partial charge >= 0.3 is 0 Å². The molecular formula is C24H27N5. The number of fused-ring (bicyclic) bond motifs is 1. The van der Waals surface area contributed by atoms with Crippen molar-refractivity contribution in [3.63, 3.8) is 0 Å². The van der Waals surface area contributed by atoms with Crippen molar-refractivity contribution in [2.75, 3.05) is 33.2 Å². The third-order valence-corrected chi connectivity index (χ3v) is 6.07. The molecule has 29 heavy (non-hydrogen) atoms. The maximum atomic E-state index is 4.75. The largest absolute Gasteiger partial charge is 0.304 e. The first kappa shape index (κ1) is 18.3. The summed E-state index contributed by atoms with van der Waals surface area (Å²) >= 11 is 0. The number of benzene rings is 1. The first-order valence-corrected chi connectivity index (χ1v) is 10.3. The Kier molecular flexibility index (Phi) is 4.78. The number of allylic oxidation sites excluding steroid dienone is 1. The van der Waals surface area contributed by atoms with Gasteiger partial charge in [0.2, 0.25) is 0 Å². The third-order valence-electron chi connectivity index (χ3n) is 6.07. The molecule has 5 heteroatoms. The number of aromatic nitrogens is 3. The Morgan fingerprint density at radius 1 is 0.897 bits per heavy atom. The molecule has 1 aliphatic heterocycles. The summed E-state index contributed by atoms with van der Waals surface area (Å²) < 4.78 is 1.85. The van der Waals surface area contributed by atoms with Gasteiger partial charge < -0.3 is 4.90 Å². The Morgan fingerprint density at radius 2 is 1.69 bits per heavy atom. The van der Waals surface area contributed by atoms with Gasteiger partial charge in [-0.1, -0.05) is 30.3 Å². The molecule has 5 rings (SSSR count). The van der Waals surface area contributed by atoms with Crippen LogP contribution in [0.4, 0.5) is 0 Å². The minimum atomic E-state index is 0.893. The molecule has 0 saturated carbocycles. The van der Waals surface area contributed by atoms with Crippen LogP contribution >= 0.6 is 0 Å². The Labute approximate surface area is 172 Å². The maximum Gasteiger partial charge on any atom is 0.0568 e. The number of rotatable bonds is 4. The van der Waals surface area contributed by atoms with Gasteiger partial charge in [-0.15, -0.1) is 0 Å². The average Bonchev–Trinajstić information content (AvgIpc) is 3.35. The van der Waals surface area contributed by atoms with E-state index in [-0.39, 0.29) is 0 Å². The summed E-state index contributed by atoms with van der Waals surface area (Å²) in [5, 5.41) is 4.33. The average molecular weight is 386 g/mol. The van der Waals surface area contributed by atoms with Crippen molar-refractivity contribution in [1.29, 1.82) is 0 Å². The Bertz CT molecular complexity index is 1040. The summed E-state index contributed by atoms with van der Waals surface area (Å²) in [6.07, 6.45) is 9.16. The highest BCUT2D eigenvalue weighted by molar-refractivity contribution is 5.85. The molecule has 1 aliphatic carbocycles. The molecule has 0 atom stereocenters. The normalized spacial score (nSPS) is 17.4. The molecule has 0 radical (unpaired) electrons. The summed E-state index contributed by atoms with van der Waals surface area (Å²) in [7, 11) is 4.16. The van der Waals surface area contributed by atoms with Crippen LogP contribution in [0.2, 0.25) is 0 Å². The van der Waals surface area contributed by atoms with E-state index in [0.29, 0.717) is 0 Å². The predicted molar refractivity (Wildman–Crippen MR) is 116 cm³/mol. The van der Waals surface area contributed by atoms with Crippen LogP contribution in [0.3, 0.4) is 0 Å². The van der Waals surface area contributed by atoms with Crippen molar-refractivity contribution in [1.82, 2.24) is 24.6 Å². The SMILES string of the molecule is CN1CCN(Cc2ccc(-c3cnc4c(c3)C(c3cnn(C)c3)=CC4)cc2)CC1. The first-order chi connectivity index (χ1) is 14.2. The fourth-order valence-corrected chi connectivity index (χ4v) is 4.26. The van der Waals surface area contributed by atoms with Gasteiger partial charge in [0.15, 0.2) is 0 Å². The summed E-state index contributed by atoms with van der Waals surface area (Å²) in [4.78, 5) is 9.69. The monoisotopic (exact) mass is 385 g/mol. The van der Waals surface area contributed by atoms with Crippen molar-refractivity contribution >= 4 is 5.57 Å². The number of nitrogens with zero attached hydrogens (tertiary/aromatic N) is 5. The molecule has 2 aliphatic rings. The van der Waals surface area contributed by atoms with Crippen LogP contribution in [0.15, 0.2) is 55.0 Å². The minimum Gasteiger partial charge on any atom is -0.304 e. The lowest BCUT2D eigenvalue weighted by Gasteiger charge is -2.32. The van der Waals surface area contributed by atoms with Crippen LogP contribution in [0.5, 0.6) is 0 Å². The molecule has 0 spiro atoms. The quantitative estimate of drug-likeness (QED) is 0.691. The molecule has 5 nitrogen and oxygen atoms in total. The molecule has 1 fully saturated rings. The second-order valence-electron chi connectivity index (χ2n) is 8.22. The van der Waals surface area contributed by atoms with Crippen molar-refractivity contribution in [2.24, 2.45) is 7.05 Å². The predicted octanol–water partition coefficient (Wildman–Crippen LogP) is 3.22. The third kappa shape index (κ3) is 3.76. The Morgan fingerprint density at radius 3 is 2.41 bits per heavy atom. The second-order valence-corrected chi connectivity index (χ2v) is 8.22. The number of hydrogen-bond donors (Lipinski definition) is 0. The summed E-state index contributed by atoms with van der Waals surface area (Å²) in [5.74, 6) is 0. The highest BCUT2D eigenvalue weighted by atomic mass is 15.2. The molecule has 1 saturated heterocycles. The van der Waals surface area contributed by atoms with E-state index in [1.165, 1.54) is 27.8 Å². The lowest BCUT2D eigenvalue weighted by molar-refractivity contribution is 0.148. The molecule has 2 aromatic heterocycles. The van der Waals surface area contributed by atoms with E-state index < -0.39 is 0 Å². The van der Waals surface area contributed by atoms with E-state index in [4.69, 9.17) is 4.98 Å². The molecule has 0 amide bonds. The molecular weight excluding hydrogens is 358 g/mol. The van der Waals surface area contributed by atoms with Gasteiger partial charge in [-0.25, -0.2) is 0 Å². The van der Waals surface area contributed by atoms with Crippen LogP contribution in [0.25, 0.3) is 16.7 Å². The van der Waals surface area contributed by atoms with Gasteiger partial charge in [0, 0.05) is 75.3 Å². The van der Waals surface area contributed by atoms with Crippen molar-refractivity contribution < 1.29 is 0 Å². The fourth-order valence-electron chi connectivity index (χ4n) is 4.26. The van der Waals surface area contributed by atoms with Gasteiger partial charge in [-0.05, 0) is 29.8 Å². The number of pyridine rings is 1. The van der Waals surface area contributed by atoms with Crippen molar-refractivity contribution in [3.05, 3.63) is 77.4 Å². The summed E-state index contributed by atoms with van der Waals surface area (Å²) in [6, 6.07) is 11.3. The molecule has 0 bridgehead atoms. The van der Waals surface area contributed by atoms with Crippen LogP contribution in [-0.2, 0) is 20.0 Å². The molecule has 3 aromatic rings. The maximum absolute atomic E-state index is 4.75. The Balaban J connectivity index is 1.35. The van der Waals surface area contributed by atoms with Crippen molar-refractivity contribution in [2.45, 2.75) is 13.0 Å². The lowest BCUT2D eigenvalue weighted by Crippen LogP contribution is -2.43. The van der Waals surface area contributed by atoms with E-state index in [9.17, 15) is 0 Å². The zero-order chi connectivity index (χ0) is 19.8. The van der Waals surface area contributed by atoms with Crippen LogP contribution < -0.4 is 0 Å². The van der Waals surface area contributed by atoms with Gasteiger partial charge in [0.05, 0.1) is 11.9 Å². The van der Waals surface area contributed by atoms with E-state index >= 15 is 0 Å². The molecule has 1 aromatic carbocycles. The number of hydrogen-bond acceptors (Lipinski definition) is 4. The Hall–Kier alpha value is -2.76. The van der Waals surface area contributed by atoms with E-state index in [1.54, 1.807) is 0 Å². The standard InChI is InChI=1S/C24H27N5/c1-27-9-11-29(12-10-27)16-18-3-5-19(6-4-18)20-13-23-22(7-8-24(23)25-14-20)21-15-26-28(2)17-21/h3-7,13-15,17H,8-12,16H2,1-2H3. The molecule has 0 N–H and O–H groups in total. The molecule has 148 valence electrons. The van der Waals surface area contributed by atoms with Crippen LogP contribution in [0, 0.1) is 0 Å². The summed E-state index contributed by atoms with van der Waals surface area (Å²) in [5.41, 5.74) is 8.56. The van der Waals surface area contributed by atoms with Gasteiger partial charge in [0.1, 0.15) is 0 Å². The van der Waals surface area contributed by atoms with E-state index in [1.807, 2.05) is 24.1 Å². The smallest absolute Gasteiger partial charge is 0.0568 e. The number of piperazine rings is 1. The highest BCUT2D eigenvalue weighted by Gasteiger charge is 2.19. The van der Waals surface area contributed by atoms with Gasteiger partial charge in [-0.2, -0.15) is 5.10 Å². The zero-order valence-electron chi connectivity index (χ0n) is 17.2. The van der Waals surface area contributed by atoms with Gasteiger partial charge in [0.25, 0.3) is 0 Å². The first-order valence-electron chi connectivity index (χ1n) is 10.3. The van der Waals surface area contributed by atoms with E-state index in [0.717, 1.165) is 50.4 Å². The van der Waals surface area contributed by atoms with Gasteiger partial charge in [-0.3, -0.25) is 14.6 Å². The van der Waals surface area contributed by atoms with E-state index in [2.05, 4.69) is 64.6 Å². The van der Waals surface area contributed by atoms with Crippen molar-refractivity contribution in [3.8, 4) is 11.1 Å². The lowest BCUT2D eigenvalue weighted by atomic mass is 9.99. The topological polar surface area (TPSA) is 37.2 Å². The fraction of sp³-hybridized carbons (Fsp3) is 0.333. The second kappa shape index (κ2) is 7.58. The molecule has 3 heterocycles. The highest BCUT2D eigenvalue weighted by Crippen LogP contribution is 2.34. The van der Waals surface area contributed by atoms with Crippen LogP contribution in [-0.4, -0.2) is 57.8 Å². The summed E-state index contributed by atoms with van der Waals surface area (Å²) in [6.45, 7) is 5.65. The number of aryl methyl sites for hydroxylation is 1. The van der Waals surface area contributed by atoms with Crippen LogP contribution in [0.1, 0.15) is 22.4 Å². The minimum absolute atomic E-state index is 0.893.